The summed E-state index contributed by atoms with van der Waals surface area (Å²) in [6, 6.07) is 20.6. The molecule has 2 unspecified atom stereocenters. The number of benzene rings is 3. The van der Waals surface area contributed by atoms with Gasteiger partial charge < -0.3 is 9.80 Å². The quantitative estimate of drug-likeness (QED) is 0.645. The number of rotatable bonds is 4. The van der Waals surface area contributed by atoms with Gasteiger partial charge in [-0.05, 0) is 46.4 Å². The molecule has 1 saturated heterocycles. The van der Waals surface area contributed by atoms with E-state index in [2.05, 4.69) is 18.2 Å². The molecule has 2 atom stereocenters. The van der Waals surface area contributed by atoms with E-state index in [1.165, 1.54) is 12.1 Å². The number of halogens is 1. The molecule has 2 aliphatic rings. The first-order valence-corrected chi connectivity index (χ1v) is 10.9. The Labute approximate surface area is 181 Å². The van der Waals surface area contributed by atoms with Crippen molar-refractivity contribution in [1.29, 1.82) is 0 Å². The van der Waals surface area contributed by atoms with Crippen molar-refractivity contribution in [3.63, 3.8) is 0 Å². The van der Waals surface area contributed by atoms with E-state index < -0.39 is 0 Å². The van der Waals surface area contributed by atoms with Crippen LogP contribution in [-0.2, 0) is 16.0 Å². The summed E-state index contributed by atoms with van der Waals surface area (Å²) in [4.78, 5) is 29.5. The number of nitrogens with zero attached hydrogens (tertiary/aromatic N) is 2. The summed E-state index contributed by atoms with van der Waals surface area (Å²) < 4.78 is 13.1. The van der Waals surface area contributed by atoms with Gasteiger partial charge in [-0.2, -0.15) is 0 Å². The minimum atomic E-state index is -0.253. The van der Waals surface area contributed by atoms with Crippen LogP contribution in [0.5, 0.6) is 0 Å². The van der Waals surface area contributed by atoms with Crippen LogP contribution in [0.15, 0.2) is 66.7 Å². The number of carbonyl (C=O) groups is 2. The Bertz CT molecular complexity index is 1110. The van der Waals surface area contributed by atoms with Gasteiger partial charge in [0.05, 0.1) is 6.42 Å². The summed E-state index contributed by atoms with van der Waals surface area (Å²) in [6.45, 7) is 2.30. The van der Waals surface area contributed by atoms with E-state index in [1.54, 1.807) is 12.1 Å². The highest BCUT2D eigenvalue weighted by molar-refractivity contribution is 5.90. The molecule has 1 aliphatic carbocycles. The zero-order chi connectivity index (χ0) is 21.4. The third-order valence-corrected chi connectivity index (χ3v) is 6.57. The summed E-state index contributed by atoms with van der Waals surface area (Å²) in [6.07, 6.45) is 1.20. The minimum Gasteiger partial charge on any atom is -0.339 e. The van der Waals surface area contributed by atoms with Gasteiger partial charge in [0.2, 0.25) is 11.8 Å². The molecule has 2 fully saturated rings. The Kier molecular flexibility index (Phi) is 5.18. The van der Waals surface area contributed by atoms with Crippen LogP contribution in [0, 0.1) is 11.7 Å². The maximum absolute atomic E-state index is 13.1. The largest absolute Gasteiger partial charge is 0.339 e. The molecule has 1 aliphatic heterocycles. The first kappa shape index (κ1) is 19.7. The van der Waals surface area contributed by atoms with Crippen molar-refractivity contribution >= 4 is 22.6 Å². The zero-order valence-electron chi connectivity index (χ0n) is 17.3. The molecule has 0 radical (unpaired) electrons. The van der Waals surface area contributed by atoms with E-state index in [1.807, 2.05) is 34.1 Å². The monoisotopic (exact) mass is 416 g/mol. The lowest BCUT2D eigenvalue weighted by Crippen LogP contribution is -2.51. The molecule has 0 aromatic heterocycles. The molecule has 1 heterocycles. The van der Waals surface area contributed by atoms with Crippen molar-refractivity contribution in [2.24, 2.45) is 5.92 Å². The number of amides is 2. The van der Waals surface area contributed by atoms with Crippen molar-refractivity contribution in [3.8, 4) is 0 Å². The van der Waals surface area contributed by atoms with Crippen molar-refractivity contribution in [2.75, 3.05) is 26.2 Å². The molecule has 3 aromatic rings. The van der Waals surface area contributed by atoms with Gasteiger partial charge in [0.15, 0.2) is 0 Å². The second-order valence-electron chi connectivity index (χ2n) is 8.52. The number of piperazine rings is 1. The Hall–Kier alpha value is -3.21. The van der Waals surface area contributed by atoms with E-state index in [4.69, 9.17) is 0 Å². The average molecular weight is 416 g/mol. The Morgan fingerprint density at radius 2 is 1.52 bits per heavy atom. The number of carbonyl (C=O) groups excluding carboxylic acids is 2. The molecular formula is C26H25FN2O2. The van der Waals surface area contributed by atoms with Gasteiger partial charge in [0.1, 0.15) is 5.82 Å². The minimum absolute atomic E-state index is 0.0107. The predicted octanol–water partition coefficient (Wildman–Crippen LogP) is 4.00. The van der Waals surface area contributed by atoms with E-state index in [0.717, 1.165) is 28.3 Å². The maximum Gasteiger partial charge on any atom is 0.227 e. The van der Waals surface area contributed by atoms with Gasteiger partial charge in [0.25, 0.3) is 0 Å². The molecule has 5 rings (SSSR count). The fraction of sp³-hybridized carbons (Fsp3) is 0.308. The van der Waals surface area contributed by atoms with Crippen molar-refractivity contribution < 1.29 is 14.0 Å². The molecule has 2 amide bonds. The van der Waals surface area contributed by atoms with Crippen LogP contribution in [0.3, 0.4) is 0 Å². The topological polar surface area (TPSA) is 40.6 Å². The summed E-state index contributed by atoms with van der Waals surface area (Å²) in [5, 5.41) is 2.26. The summed E-state index contributed by atoms with van der Waals surface area (Å²) in [5.41, 5.74) is 2.07. The normalized spacial score (nSPS) is 20.7. The summed E-state index contributed by atoms with van der Waals surface area (Å²) in [5.74, 6) is 0.202. The molecule has 3 aromatic carbocycles. The smallest absolute Gasteiger partial charge is 0.227 e. The van der Waals surface area contributed by atoms with E-state index in [-0.39, 0.29) is 29.5 Å². The highest BCUT2D eigenvalue weighted by Gasteiger charge is 2.46. The van der Waals surface area contributed by atoms with Gasteiger partial charge in [-0.3, -0.25) is 9.59 Å². The summed E-state index contributed by atoms with van der Waals surface area (Å²) >= 11 is 0. The predicted molar refractivity (Wildman–Crippen MR) is 118 cm³/mol. The van der Waals surface area contributed by atoms with E-state index in [9.17, 15) is 14.0 Å². The van der Waals surface area contributed by atoms with Gasteiger partial charge in [-0.1, -0.05) is 54.6 Å². The van der Waals surface area contributed by atoms with Crippen LogP contribution in [0.1, 0.15) is 23.5 Å². The van der Waals surface area contributed by atoms with Gasteiger partial charge >= 0.3 is 0 Å². The highest BCUT2D eigenvalue weighted by Crippen LogP contribution is 2.48. The van der Waals surface area contributed by atoms with Crippen molar-refractivity contribution in [1.82, 2.24) is 9.80 Å². The fourth-order valence-electron chi connectivity index (χ4n) is 4.68. The first-order valence-electron chi connectivity index (χ1n) is 10.9. The Morgan fingerprint density at radius 3 is 2.29 bits per heavy atom. The van der Waals surface area contributed by atoms with Gasteiger partial charge in [-0.25, -0.2) is 4.39 Å². The zero-order valence-corrected chi connectivity index (χ0v) is 17.3. The van der Waals surface area contributed by atoms with E-state index >= 15 is 0 Å². The first-order chi connectivity index (χ1) is 15.1. The van der Waals surface area contributed by atoms with Crippen LogP contribution >= 0.6 is 0 Å². The second-order valence-corrected chi connectivity index (χ2v) is 8.52. The van der Waals surface area contributed by atoms with Crippen LogP contribution < -0.4 is 0 Å². The van der Waals surface area contributed by atoms with Crippen LogP contribution in [-0.4, -0.2) is 47.8 Å². The van der Waals surface area contributed by atoms with Crippen LogP contribution in [0.2, 0.25) is 0 Å². The molecule has 0 spiro atoms. The lowest BCUT2D eigenvalue weighted by Gasteiger charge is -2.35. The molecule has 0 N–H and O–H groups in total. The third-order valence-electron chi connectivity index (χ3n) is 6.57. The van der Waals surface area contributed by atoms with Crippen molar-refractivity contribution in [2.45, 2.75) is 18.8 Å². The van der Waals surface area contributed by atoms with Crippen LogP contribution in [0.4, 0.5) is 4.39 Å². The number of fused-ring (bicyclic) bond motifs is 1. The SMILES string of the molecule is O=C(Cc1cccc2ccccc12)N1CCN(C(=O)C2CC2c2ccc(F)cc2)CC1. The Morgan fingerprint density at radius 1 is 0.839 bits per heavy atom. The molecule has 5 heteroatoms. The van der Waals surface area contributed by atoms with Crippen LogP contribution in [0.25, 0.3) is 10.8 Å². The lowest BCUT2D eigenvalue weighted by molar-refractivity contribution is -0.140. The maximum atomic E-state index is 13.1. The molecule has 158 valence electrons. The molecule has 1 saturated carbocycles. The fourth-order valence-corrected chi connectivity index (χ4v) is 4.68. The third kappa shape index (κ3) is 4.05. The molecular weight excluding hydrogens is 391 g/mol. The summed E-state index contributed by atoms with van der Waals surface area (Å²) in [7, 11) is 0. The Balaban J connectivity index is 1.16. The molecule has 4 nitrogen and oxygen atoms in total. The van der Waals surface area contributed by atoms with E-state index in [0.29, 0.717) is 32.6 Å². The number of hydrogen-bond acceptors (Lipinski definition) is 2. The standard InChI is InChI=1S/C26H25FN2O2/c27-21-10-8-19(9-11-21)23-17-24(23)26(31)29-14-12-28(13-15-29)25(30)16-20-6-3-5-18-4-1-2-7-22(18)20/h1-11,23-24H,12-17H2. The van der Waals surface area contributed by atoms with Gasteiger partial charge in [-0.15, -0.1) is 0 Å². The van der Waals surface area contributed by atoms with Gasteiger partial charge in [0, 0.05) is 32.1 Å². The second kappa shape index (κ2) is 8.14. The average Bonchev–Trinajstić information content (AvgIpc) is 3.60. The number of hydrogen-bond donors (Lipinski definition) is 0. The highest BCUT2D eigenvalue weighted by atomic mass is 19.1. The van der Waals surface area contributed by atoms with Crippen molar-refractivity contribution in [3.05, 3.63) is 83.7 Å². The molecule has 0 bridgehead atoms. The molecule has 31 heavy (non-hydrogen) atoms. The lowest BCUT2D eigenvalue weighted by atomic mass is 10.0.